The van der Waals surface area contributed by atoms with Crippen LogP contribution in [0.15, 0.2) is 18.5 Å². The molecule has 0 amide bonds. The van der Waals surface area contributed by atoms with Crippen molar-refractivity contribution in [3.05, 3.63) is 24.0 Å². The second-order valence-corrected chi connectivity index (χ2v) is 5.10. The van der Waals surface area contributed by atoms with E-state index in [9.17, 15) is 5.11 Å². The van der Waals surface area contributed by atoms with E-state index < -0.39 is 5.60 Å². The molecule has 0 bridgehead atoms. The highest BCUT2D eigenvalue weighted by Crippen LogP contribution is 2.38. The Kier molecular flexibility index (Phi) is 2.56. The molecule has 3 rings (SSSR count). The number of hydrogen-bond acceptors (Lipinski definition) is 4. The summed E-state index contributed by atoms with van der Waals surface area (Å²) in [5, 5.41) is 10.7. The Morgan fingerprint density at radius 3 is 3.00 bits per heavy atom. The van der Waals surface area contributed by atoms with Gasteiger partial charge in [-0.3, -0.25) is 9.88 Å². The Balaban J connectivity index is 1.81. The molecule has 2 fully saturated rings. The maximum Gasteiger partial charge on any atom is 0.137 e. The van der Waals surface area contributed by atoms with Crippen molar-refractivity contribution < 1.29 is 9.84 Å². The van der Waals surface area contributed by atoms with Crippen molar-refractivity contribution in [2.45, 2.75) is 30.9 Å². The monoisotopic (exact) mass is 234 g/mol. The van der Waals surface area contributed by atoms with Gasteiger partial charge in [0.05, 0.1) is 13.3 Å². The van der Waals surface area contributed by atoms with Crippen LogP contribution in [0.3, 0.4) is 0 Å². The number of aliphatic hydroxyl groups is 1. The minimum atomic E-state index is -0.746. The fourth-order valence-electron chi connectivity index (χ4n) is 2.59. The average molecular weight is 234 g/mol. The second kappa shape index (κ2) is 3.96. The first-order valence-corrected chi connectivity index (χ1v) is 6.17. The number of pyridine rings is 1. The van der Waals surface area contributed by atoms with Crippen molar-refractivity contribution in [1.29, 1.82) is 0 Å². The van der Waals surface area contributed by atoms with E-state index in [-0.39, 0.29) is 0 Å². The summed E-state index contributed by atoms with van der Waals surface area (Å²) in [6.07, 6.45) is 6.77. The second-order valence-electron chi connectivity index (χ2n) is 5.10. The molecule has 1 saturated heterocycles. The standard InChI is InChI=1S/C13H18N2O2/c1-17-12-6-10(7-14-8-12)13(16)4-5-15(9-13)11-2-3-11/h6-8,11,16H,2-5,9H2,1H3. The van der Waals surface area contributed by atoms with Gasteiger partial charge in [0.1, 0.15) is 11.4 Å². The Morgan fingerprint density at radius 2 is 2.29 bits per heavy atom. The third-order valence-corrected chi connectivity index (χ3v) is 3.83. The van der Waals surface area contributed by atoms with Gasteiger partial charge < -0.3 is 9.84 Å². The Bertz CT molecular complexity index is 420. The van der Waals surface area contributed by atoms with Gasteiger partial charge in [0.15, 0.2) is 0 Å². The van der Waals surface area contributed by atoms with Crippen molar-refractivity contribution in [1.82, 2.24) is 9.88 Å². The fraction of sp³-hybridized carbons (Fsp3) is 0.615. The van der Waals surface area contributed by atoms with Gasteiger partial charge in [0.2, 0.25) is 0 Å². The van der Waals surface area contributed by atoms with Crippen molar-refractivity contribution in [2.75, 3.05) is 20.2 Å². The highest BCUT2D eigenvalue weighted by atomic mass is 16.5. The van der Waals surface area contributed by atoms with Gasteiger partial charge in [-0.05, 0) is 25.3 Å². The predicted molar refractivity (Wildman–Crippen MR) is 63.9 cm³/mol. The van der Waals surface area contributed by atoms with E-state index >= 15 is 0 Å². The molecule has 2 heterocycles. The lowest BCUT2D eigenvalue weighted by Gasteiger charge is -2.24. The van der Waals surface area contributed by atoms with Crippen LogP contribution in [0.5, 0.6) is 5.75 Å². The molecule has 1 unspecified atom stereocenters. The SMILES string of the molecule is COc1cncc(C2(O)CCN(C3CC3)C2)c1. The molecule has 4 heteroatoms. The smallest absolute Gasteiger partial charge is 0.137 e. The molecule has 1 aliphatic carbocycles. The summed E-state index contributed by atoms with van der Waals surface area (Å²) >= 11 is 0. The molecule has 2 aliphatic rings. The van der Waals surface area contributed by atoms with Crippen molar-refractivity contribution in [3.63, 3.8) is 0 Å². The van der Waals surface area contributed by atoms with Gasteiger partial charge in [-0.25, -0.2) is 0 Å². The zero-order valence-corrected chi connectivity index (χ0v) is 10.1. The van der Waals surface area contributed by atoms with E-state index in [1.54, 1.807) is 19.5 Å². The summed E-state index contributed by atoms with van der Waals surface area (Å²) in [7, 11) is 1.62. The normalized spacial score (nSPS) is 29.5. The lowest BCUT2D eigenvalue weighted by molar-refractivity contribution is 0.0446. The number of hydrogen-bond donors (Lipinski definition) is 1. The van der Waals surface area contributed by atoms with E-state index in [1.807, 2.05) is 6.07 Å². The Labute approximate surface area is 101 Å². The van der Waals surface area contributed by atoms with E-state index in [2.05, 4.69) is 9.88 Å². The van der Waals surface area contributed by atoms with Crippen LogP contribution in [0.4, 0.5) is 0 Å². The highest BCUT2D eigenvalue weighted by Gasteiger charge is 2.43. The van der Waals surface area contributed by atoms with Crippen LogP contribution in [0.25, 0.3) is 0 Å². The predicted octanol–water partition coefficient (Wildman–Crippen LogP) is 1.15. The molecule has 1 saturated carbocycles. The van der Waals surface area contributed by atoms with Crippen LogP contribution in [-0.4, -0.2) is 41.2 Å². The van der Waals surface area contributed by atoms with Crippen molar-refractivity contribution >= 4 is 0 Å². The number of nitrogens with zero attached hydrogens (tertiary/aromatic N) is 2. The third kappa shape index (κ3) is 2.03. The van der Waals surface area contributed by atoms with E-state index in [0.29, 0.717) is 11.8 Å². The van der Waals surface area contributed by atoms with Crippen LogP contribution < -0.4 is 4.74 Å². The van der Waals surface area contributed by atoms with E-state index in [1.165, 1.54) is 12.8 Å². The molecule has 0 radical (unpaired) electrons. The number of aromatic nitrogens is 1. The average Bonchev–Trinajstić information content (AvgIpc) is 3.13. The minimum absolute atomic E-state index is 0.709. The Hall–Kier alpha value is -1.13. The maximum absolute atomic E-state index is 10.7. The number of rotatable bonds is 3. The van der Waals surface area contributed by atoms with E-state index in [0.717, 1.165) is 25.1 Å². The molecule has 1 aromatic heterocycles. The fourth-order valence-corrected chi connectivity index (χ4v) is 2.59. The number of methoxy groups -OCH3 is 1. The van der Waals surface area contributed by atoms with Crippen LogP contribution in [0.1, 0.15) is 24.8 Å². The number of likely N-dealkylation sites (tertiary alicyclic amines) is 1. The molecule has 1 aromatic rings. The summed E-state index contributed by atoms with van der Waals surface area (Å²) in [5.41, 5.74) is 0.129. The third-order valence-electron chi connectivity index (χ3n) is 3.83. The summed E-state index contributed by atoms with van der Waals surface area (Å²) in [5.74, 6) is 0.709. The summed E-state index contributed by atoms with van der Waals surface area (Å²) in [6.45, 7) is 1.71. The van der Waals surface area contributed by atoms with Gasteiger partial charge in [-0.1, -0.05) is 0 Å². The number of β-amino-alcohol motifs (C(OH)–C–C–N with tert-alkyl or cyclic N) is 1. The van der Waals surface area contributed by atoms with Crippen molar-refractivity contribution in [3.8, 4) is 5.75 Å². The van der Waals surface area contributed by atoms with Crippen LogP contribution in [0, 0.1) is 0 Å². The largest absolute Gasteiger partial charge is 0.495 e. The van der Waals surface area contributed by atoms with Gasteiger partial charge in [-0.2, -0.15) is 0 Å². The first-order chi connectivity index (χ1) is 8.21. The van der Waals surface area contributed by atoms with Crippen LogP contribution in [0.2, 0.25) is 0 Å². The van der Waals surface area contributed by atoms with Crippen LogP contribution in [-0.2, 0) is 5.60 Å². The minimum Gasteiger partial charge on any atom is -0.495 e. The summed E-state index contributed by atoms with van der Waals surface area (Å²) in [4.78, 5) is 6.52. The lowest BCUT2D eigenvalue weighted by atomic mass is 9.94. The molecule has 0 spiro atoms. The summed E-state index contributed by atoms with van der Waals surface area (Å²) in [6, 6.07) is 2.60. The molecule has 0 aromatic carbocycles. The quantitative estimate of drug-likeness (QED) is 0.852. The van der Waals surface area contributed by atoms with Crippen LogP contribution >= 0.6 is 0 Å². The van der Waals surface area contributed by atoms with Gasteiger partial charge in [-0.15, -0.1) is 0 Å². The molecule has 1 aliphatic heterocycles. The molecule has 92 valence electrons. The molecular formula is C13H18N2O2. The molecule has 1 atom stereocenters. The molecule has 17 heavy (non-hydrogen) atoms. The topological polar surface area (TPSA) is 45.6 Å². The summed E-state index contributed by atoms with van der Waals surface area (Å²) < 4.78 is 5.16. The van der Waals surface area contributed by atoms with Gasteiger partial charge in [0.25, 0.3) is 0 Å². The maximum atomic E-state index is 10.7. The van der Waals surface area contributed by atoms with Gasteiger partial charge in [0, 0.05) is 30.9 Å². The van der Waals surface area contributed by atoms with Gasteiger partial charge >= 0.3 is 0 Å². The Morgan fingerprint density at radius 1 is 1.47 bits per heavy atom. The van der Waals surface area contributed by atoms with E-state index in [4.69, 9.17) is 4.74 Å². The lowest BCUT2D eigenvalue weighted by Crippen LogP contribution is -2.31. The highest BCUT2D eigenvalue weighted by molar-refractivity contribution is 5.29. The molecule has 4 nitrogen and oxygen atoms in total. The molecule has 1 N–H and O–H groups in total. The first kappa shape index (κ1) is 11.0. The zero-order valence-electron chi connectivity index (χ0n) is 10.1. The number of ether oxygens (including phenoxy) is 1. The molecular weight excluding hydrogens is 216 g/mol. The van der Waals surface area contributed by atoms with Crippen molar-refractivity contribution in [2.24, 2.45) is 0 Å². The zero-order chi connectivity index (χ0) is 11.9. The first-order valence-electron chi connectivity index (χ1n) is 6.17.